The van der Waals surface area contributed by atoms with Crippen molar-refractivity contribution in [3.8, 4) is 5.75 Å². The molecule has 0 radical (unpaired) electrons. The zero-order valence-electron chi connectivity index (χ0n) is 19.2. The second-order valence-corrected chi connectivity index (χ2v) is 8.55. The average molecular weight is 451 g/mol. The van der Waals surface area contributed by atoms with Gasteiger partial charge in [0.05, 0.1) is 25.8 Å². The molecule has 0 bridgehead atoms. The molecule has 1 amide bonds. The van der Waals surface area contributed by atoms with E-state index in [2.05, 4.69) is 20.2 Å². The lowest BCUT2D eigenvalue weighted by Gasteiger charge is -2.33. The van der Waals surface area contributed by atoms with Gasteiger partial charge in [0.1, 0.15) is 23.0 Å². The van der Waals surface area contributed by atoms with Crippen LogP contribution in [-0.2, 0) is 6.54 Å². The van der Waals surface area contributed by atoms with Crippen LogP contribution < -0.4 is 10.1 Å². The molecule has 1 aliphatic heterocycles. The first-order chi connectivity index (χ1) is 15.9. The molecule has 1 atom stereocenters. The van der Waals surface area contributed by atoms with Crippen LogP contribution in [0.25, 0.3) is 0 Å². The van der Waals surface area contributed by atoms with Gasteiger partial charge in [0.25, 0.3) is 5.91 Å². The molecular weight excluding hydrogens is 420 g/mol. The standard InChI is InChI=1S/C24H30N6O3/c1-18-25-10-11-29(18)16-24(32)15-28(2)12-13-30(17-24)23(31)21-8-5-9-26-22(21)27-19-6-4-7-20(14-19)33-3/h4-11,14,32H,12-13,15-17H2,1-3H3,(H,26,27)/t24-/m0/s1. The third kappa shape index (κ3) is 5.32. The number of hydrogen-bond acceptors (Lipinski definition) is 7. The van der Waals surface area contributed by atoms with Crippen molar-refractivity contribution in [2.24, 2.45) is 0 Å². The van der Waals surface area contributed by atoms with Crippen molar-refractivity contribution in [1.82, 2.24) is 24.3 Å². The summed E-state index contributed by atoms with van der Waals surface area (Å²) in [6.07, 6.45) is 5.21. The zero-order valence-corrected chi connectivity index (χ0v) is 19.2. The highest BCUT2D eigenvalue weighted by Crippen LogP contribution is 2.25. The van der Waals surface area contributed by atoms with Crippen LogP contribution in [0.1, 0.15) is 16.2 Å². The average Bonchev–Trinajstić information content (AvgIpc) is 3.12. The summed E-state index contributed by atoms with van der Waals surface area (Å²) in [6.45, 7) is 4.09. The number of carbonyl (C=O) groups excluding carboxylic acids is 1. The van der Waals surface area contributed by atoms with Crippen LogP contribution in [-0.4, -0.2) is 81.3 Å². The van der Waals surface area contributed by atoms with Gasteiger partial charge in [-0.15, -0.1) is 0 Å². The second kappa shape index (κ2) is 9.60. The number of aliphatic hydroxyl groups is 1. The van der Waals surface area contributed by atoms with E-state index in [0.29, 0.717) is 43.3 Å². The van der Waals surface area contributed by atoms with E-state index in [0.717, 1.165) is 11.5 Å². The van der Waals surface area contributed by atoms with E-state index in [9.17, 15) is 9.90 Å². The molecule has 1 aliphatic rings. The number of aromatic nitrogens is 3. The Morgan fingerprint density at radius 2 is 2.03 bits per heavy atom. The number of rotatable bonds is 6. The quantitative estimate of drug-likeness (QED) is 0.594. The van der Waals surface area contributed by atoms with Crippen molar-refractivity contribution in [2.45, 2.75) is 19.1 Å². The fraction of sp³-hybridized carbons (Fsp3) is 0.375. The molecule has 1 saturated heterocycles. The van der Waals surface area contributed by atoms with Gasteiger partial charge in [0.2, 0.25) is 0 Å². The van der Waals surface area contributed by atoms with Crippen LogP contribution in [0.5, 0.6) is 5.75 Å². The van der Waals surface area contributed by atoms with Crippen LogP contribution in [0.4, 0.5) is 11.5 Å². The molecule has 3 heterocycles. The minimum absolute atomic E-state index is 0.176. The first kappa shape index (κ1) is 22.8. The van der Waals surface area contributed by atoms with Gasteiger partial charge in [-0.3, -0.25) is 4.79 Å². The van der Waals surface area contributed by atoms with Gasteiger partial charge in [-0.1, -0.05) is 6.07 Å². The molecule has 0 saturated carbocycles. The summed E-state index contributed by atoms with van der Waals surface area (Å²) >= 11 is 0. The highest BCUT2D eigenvalue weighted by atomic mass is 16.5. The maximum Gasteiger partial charge on any atom is 0.257 e. The number of methoxy groups -OCH3 is 1. The van der Waals surface area contributed by atoms with E-state index in [1.807, 2.05) is 49.0 Å². The number of likely N-dealkylation sites (N-methyl/N-ethyl adjacent to an activating group) is 1. The van der Waals surface area contributed by atoms with E-state index in [1.165, 1.54) is 0 Å². The van der Waals surface area contributed by atoms with Crippen LogP contribution in [0.15, 0.2) is 55.0 Å². The predicted octanol–water partition coefficient (Wildman–Crippen LogP) is 2.16. The third-order valence-corrected chi connectivity index (χ3v) is 5.85. The molecule has 0 unspecified atom stereocenters. The summed E-state index contributed by atoms with van der Waals surface area (Å²) in [4.78, 5) is 26.0. The van der Waals surface area contributed by atoms with Crippen molar-refractivity contribution in [1.29, 1.82) is 0 Å². The first-order valence-electron chi connectivity index (χ1n) is 10.9. The summed E-state index contributed by atoms with van der Waals surface area (Å²) in [5.74, 6) is 1.82. The van der Waals surface area contributed by atoms with Crippen LogP contribution >= 0.6 is 0 Å². The van der Waals surface area contributed by atoms with Gasteiger partial charge in [0.15, 0.2) is 0 Å². The molecule has 2 N–H and O–H groups in total. The van der Waals surface area contributed by atoms with Gasteiger partial charge >= 0.3 is 0 Å². The molecule has 9 nitrogen and oxygen atoms in total. The van der Waals surface area contributed by atoms with Gasteiger partial charge in [0, 0.05) is 50.0 Å². The van der Waals surface area contributed by atoms with Crippen LogP contribution in [0.2, 0.25) is 0 Å². The van der Waals surface area contributed by atoms with E-state index in [1.54, 1.807) is 36.5 Å². The fourth-order valence-electron chi connectivity index (χ4n) is 4.20. The SMILES string of the molecule is COc1cccc(Nc2ncccc2C(=O)N2CCN(C)C[C@](O)(Cn3ccnc3C)C2)c1. The monoisotopic (exact) mass is 450 g/mol. The normalized spacial score (nSPS) is 19.2. The van der Waals surface area contributed by atoms with Gasteiger partial charge in [-0.05, 0) is 38.2 Å². The fourth-order valence-corrected chi connectivity index (χ4v) is 4.20. The molecule has 174 valence electrons. The number of pyridine rings is 1. The Balaban J connectivity index is 1.58. The molecule has 2 aromatic heterocycles. The summed E-state index contributed by atoms with van der Waals surface area (Å²) in [5, 5.41) is 14.7. The van der Waals surface area contributed by atoms with Crippen molar-refractivity contribution < 1.29 is 14.6 Å². The van der Waals surface area contributed by atoms with E-state index >= 15 is 0 Å². The van der Waals surface area contributed by atoms with E-state index < -0.39 is 5.60 Å². The minimum atomic E-state index is -1.12. The summed E-state index contributed by atoms with van der Waals surface area (Å²) in [6, 6.07) is 11.0. The number of nitrogens with zero attached hydrogens (tertiary/aromatic N) is 5. The van der Waals surface area contributed by atoms with Crippen molar-refractivity contribution in [2.75, 3.05) is 45.7 Å². The number of benzene rings is 1. The molecule has 1 aromatic carbocycles. The number of β-amino-alcohol motifs (C(OH)–C–C–N with tert-alkyl or cyclic N) is 1. The lowest BCUT2D eigenvalue weighted by molar-refractivity contribution is -0.0116. The number of amides is 1. The summed E-state index contributed by atoms with van der Waals surface area (Å²) in [5.41, 5.74) is 0.102. The molecule has 3 aromatic rings. The van der Waals surface area contributed by atoms with Gasteiger partial charge in [-0.25, -0.2) is 9.97 Å². The van der Waals surface area contributed by atoms with Gasteiger partial charge < -0.3 is 29.5 Å². The maximum absolute atomic E-state index is 13.6. The van der Waals surface area contributed by atoms with Crippen LogP contribution in [0.3, 0.4) is 0 Å². The van der Waals surface area contributed by atoms with Crippen molar-refractivity contribution >= 4 is 17.4 Å². The zero-order chi connectivity index (χ0) is 23.4. The Morgan fingerprint density at radius 3 is 2.79 bits per heavy atom. The number of imidazole rings is 1. The Bertz CT molecular complexity index is 1120. The number of aryl methyl sites for hydroxylation is 1. The Kier molecular flexibility index (Phi) is 6.62. The highest BCUT2D eigenvalue weighted by Gasteiger charge is 2.37. The number of nitrogens with one attached hydrogen (secondary N) is 1. The lowest BCUT2D eigenvalue weighted by Crippen LogP contribution is -2.50. The maximum atomic E-state index is 13.6. The number of hydrogen-bond donors (Lipinski definition) is 2. The number of anilines is 2. The highest BCUT2D eigenvalue weighted by molar-refractivity contribution is 5.99. The minimum Gasteiger partial charge on any atom is -0.497 e. The Labute approximate surface area is 193 Å². The molecule has 0 aliphatic carbocycles. The Morgan fingerprint density at radius 1 is 1.18 bits per heavy atom. The molecule has 9 heteroatoms. The topological polar surface area (TPSA) is 95.8 Å². The van der Waals surface area contributed by atoms with Crippen LogP contribution in [0, 0.1) is 6.92 Å². The predicted molar refractivity (Wildman–Crippen MR) is 126 cm³/mol. The largest absolute Gasteiger partial charge is 0.497 e. The van der Waals surface area contributed by atoms with Gasteiger partial charge in [-0.2, -0.15) is 0 Å². The lowest BCUT2D eigenvalue weighted by atomic mass is 10.0. The van der Waals surface area contributed by atoms with Crippen molar-refractivity contribution in [3.05, 3.63) is 66.4 Å². The Hall–Kier alpha value is -3.43. The number of ether oxygens (including phenoxy) is 1. The van der Waals surface area contributed by atoms with E-state index in [4.69, 9.17) is 4.74 Å². The molecule has 4 rings (SSSR count). The number of carbonyl (C=O) groups is 1. The summed E-state index contributed by atoms with van der Waals surface area (Å²) < 4.78 is 7.21. The van der Waals surface area contributed by atoms with Crippen molar-refractivity contribution in [3.63, 3.8) is 0 Å². The second-order valence-electron chi connectivity index (χ2n) is 8.55. The third-order valence-electron chi connectivity index (χ3n) is 5.85. The molecule has 0 spiro atoms. The smallest absolute Gasteiger partial charge is 0.257 e. The molecule has 1 fully saturated rings. The first-order valence-corrected chi connectivity index (χ1v) is 10.9. The summed E-state index contributed by atoms with van der Waals surface area (Å²) in [7, 11) is 3.57. The molecule has 33 heavy (non-hydrogen) atoms. The molecular formula is C24H30N6O3. The van der Waals surface area contributed by atoms with E-state index in [-0.39, 0.29) is 12.5 Å².